The summed E-state index contributed by atoms with van der Waals surface area (Å²) in [5.41, 5.74) is 0.477. The molecule has 0 aliphatic carbocycles. The number of hydrogen-bond acceptors (Lipinski definition) is 4. The number of benzene rings is 1. The number of nitrogens with zero attached hydrogens (tertiary/aromatic N) is 1. The smallest absolute Gasteiger partial charge is 0.251 e. The maximum absolute atomic E-state index is 12.2. The third-order valence-electron chi connectivity index (χ3n) is 4.65. The first-order valence-corrected chi connectivity index (χ1v) is 10.00. The van der Waals surface area contributed by atoms with Gasteiger partial charge in [0, 0.05) is 30.6 Å². The highest BCUT2D eigenvalue weighted by molar-refractivity contribution is 5.96. The quantitative estimate of drug-likeness (QED) is 0.632. The second kappa shape index (κ2) is 10.7. The lowest BCUT2D eigenvalue weighted by Crippen LogP contribution is -2.43. The third kappa shape index (κ3) is 6.55. The Hall–Kier alpha value is -2.57. The van der Waals surface area contributed by atoms with Crippen molar-refractivity contribution >= 4 is 17.7 Å². The minimum absolute atomic E-state index is 0.0443. The van der Waals surface area contributed by atoms with Crippen LogP contribution >= 0.6 is 0 Å². The molecule has 1 saturated heterocycles. The molecule has 0 radical (unpaired) electrons. The van der Waals surface area contributed by atoms with Crippen LogP contribution in [0.4, 0.5) is 0 Å². The fourth-order valence-corrected chi connectivity index (χ4v) is 3.02. The number of hydrogen-bond donors (Lipinski definition) is 2. The number of unbranched alkanes of at least 4 members (excludes halogenated alkanes) is 1. The van der Waals surface area contributed by atoms with Gasteiger partial charge in [-0.05, 0) is 37.1 Å². The van der Waals surface area contributed by atoms with Gasteiger partial charge in [-0.15, -0.1) is 0 Å². The van der Waals surface area contributed by atoms with Crippen molar-refractivity contribution in [2.24, 2.45) is 5.92 Å². The van der Waals surface area contributed by atoms with Crippen molar-refractivity contribution in [1.82, 2.24) is 15.5 Å². The summed E-state index contributed by atoms with van der Waals surface area (Å²) >= 11 is 0. The van der Waals surface area contributed by atoms with Gasteiger partial charge < -0.3 is 20.3 Å². The Morgan fingerprint density at radius 1 is 1.21 bits per heavy atom. The zero-order chi connectivity index (χ0) is 20.5. The molecule has 1 heterocycles. The van der Waals surface area contributed by atoms with E-state index in [0.29, 0.717) is 25.3 Å². The number of carbonyl (C=O) groups is 3. The van der Waals surface area contributed by atoms with E-state index in [1.807, 2.05) is 13.8 Å². The van der Waals surface area contributed by atoms with Gasteiger partial charge in [0.15, 0.2) is 0 Å². The van der Waals surface area contributed by atoms with Gasteiger partial charge in [-0.2, -0.15) is 0 Å². The second-order valence-corrected chi connectivity index (χ2v) is 7.40. The highest BCUT2D eigenvalue weighted by Gasteiger charge is 2.28. The normalized spacial score (nSPS) is 16.1. The van der Waals surface area contributed by atoms with Crippen molar-refractivity contribution in [1.29, 1.82) is 0 Å². The minimum atomic E-state index is -0.307. The van der Waals surface area contributed by atoms with Crippen LogP contribution in [0.25, 0.3) is 0 Å². The summed E-state index contributed by atoms with van der Waals surface area (Å²) in [7, 11) is 0. The average molecular weight is 389 g/mol. The SMILES string of the molecule is CCCCOc1ccc(C(=O)NCC(=O)N[C@H]2CCN(C(=O)C(C)C)C2)cc1. The van der Waals surface area contributed by atoms with E-state index >= 15 is 0 Å². The highest BCUT2D eigenvalue weighted by atomic mass is 16.5. The van der Waals surface area contributed by atoms with Crippen LogP contribution < -0.4 is 15.4 Å². The van der Waals surface area contributed by atoms with Gasteiger partial charge in [-0.3, -0.25) is 14.4 Å². The van der Waals surface area contributed by atoms with Crippen LogP contribution in [0, 0.1) is 5.92 Å². The van der Waals surface area contributed by atoms with Crippen LogP contribution in [0.5, 0.6) is 5.75 Å². The first-order valence-electron chi connectivity index (χ1n) is 10.00. The van der Waals surface area contributed by atoms with Crippen LogP contribution in [0.2, 0.25) is 0 Å². The van der Waals surface area contributed by atoms with Crippen molar-refractivity contribution in [2.75, 3.05) is 26.2 Å². The molecule has 2 N–H and O–H groups in total. The zero-order valence-corrected chi connectivity index (χ0v) is 17.0. The van der Waals surface area contributed by atoms with E-state index in [0.717, 1.165) is 25.0 Å². The molecular weight excluding hydrogens is 358 g/mol. The monoisotopic (exact) mass is 389 g/mol. The molecule has 7 heteroatoms. The number of carbonyl (C=O) groups excluding carboxylic acids is 3. The number of amides is 3. The number of likely N-dealkylation sites (tertiary alicyclic amines) is 1. The lowest BCUT2D eigenvalue weighted by atomic mass is 10.2. The van der Waals surface area contributed by atoms with E-state index < -0.39 is 0 Å². The molecule has 1 aliphatic rings. The topological polar surface area (TPSA) is 87.7 Å². The predicted octanol–water partition coefficient (Wildman–Crippen LogP) is 1.97. The molecule has 1 aromatic rings. The summed E-state index contributed by atoms with van der Waals surface area (Å²) in [5, 5.41) is 5.50. The minimum Gasteiger partial charge on any atom is -0.494 e. The molecule has 154 valence electrons. The van der Waals surface area contributed by atoms with Crippen LogP contribution in [0.1, 0.15) is 50.4 Å². The summed E-state index contributed by atoms with van der Waals surface area (Å²) in [6.45, 7) is 7.57. The Bertz CT molecular complexity index is 673. The molecule has 0 aromatic heterocycles. The maximum Gasteiger partial charge on any atom is 0.251 e. The fourth-order valence-electron chi connectivity index (χ4n) is 3.02. The number of nitrogens with one attached hydrogen (secondary N) is 2. The standard InChI is InChI=1S/C21H31N3O4/c1-4-5-12-28-18-8-6-16(7-9-18)20(26)22-13-19(25)23-17-10-11-24(14-17)21(27)15(2)3/h6-9,15,17H,4-5,10-14H2,1-3H3,(H,22,26)(H,23,25)/t17-/m0/s1. The molecule has 3 amide bonds. The molecular formula is C21H31N3O4. The summed E-state index contributed by atoms with van der Waals surface area (Å²) in [6, 6.07) is 6.81. The first kappa shape index (κ1) is 21.7. The van der Waals surface area contributed by atoms with Gasteiger partial charge >= 0.3 is 0 Å². The molecule has 0 saturated carbocycles. The molecule has 1 aliphatic heterocycles. The first-order chi connectivity index (χ1) is 13.4. The van der Waals surface area contributed by atoms with E-state index in [2.05, 4.69) is 17.6 Å². The lowest BCUT2D eigenvalue weighted by Gasteiger charge is -2.19. The van der Waals surface area contributed by atoms with Crippen molar-refractivity contribution < 1.29 is 19.1 Å². The molecule has 0 bridgehead atoms. The average Bonchev–Trinajstić information content (AvgIpc) is 3.14. The molecule has 1 atom stereocenters. The molecule has 0 unspecified atom stereocenters. The van der Waals surface area contributed by atoms with E-state index in [4.69, 9.17) is 4.74 Å². The lowest BCUT2D eigenvalue weighted by molar-refractivity contribution is -0.133. The van der Waals surface area contributed by atoms with Crippen LogP contribution in [-0.4, -0.2) is 54.9 Å². The van der Waals surface area contributed by atoms with Gasteiger partial charge in [0.25, 0.3) is 5.91 Å². The Morgan fingerprint density at radius 2 is 1.93 bits per heavy atom. The highest BCUT2D eigenvalue weighted by Crippen LogP contribution is 2.13. The third-order valence-corrected chi connectivity index (χ3v) is 4.65. The molecule has 1 fully saturated rings. The van der Waals surface area contributed by atoms with Crippen molar-refractivity contribution in [3.63, 3.8) is 0 Å². The van der Waals surface area contributed by atoms with E-state index in [9.17, 15) is 14.4 Å². The molecule has 2 rings (SSSR count). The summed E-state index contributed by atoms with van der Waals surface area (Å²) < 4.78 is 5.57. The van der Waals surface area contributed by atoms with Gasteiger partial charge in [-0.25, -0.2) is 0 Å². The van der Waals surface area contributed by atoms with Crippen LogP contribution in [0.15, 0.2) is 24.3 Å². The zero-order valence-electron chi connectivity index (χ0n) is 17.0. The van der Waals surface area contributed by atoms with Gasteiger partial charge in [0.2, 0.25) is 11.8 Å². The summed E-state index contributed by atoms with van der Waals surface area (Å²) in [6.07, 6.45) is 2.79. The Labute approximate surface area is 166 Å². The number of ether oxygens (including phenoxy) is 1. The van der Waals surface area contributed by atoms with Gasteiger partial charge in [-0.1, -0.05) is 27.2 Å². The Balaban J connectivity index is 1.72. The summed E-state index contributed by atoms with van der Waals surface area (Å²) in [5.74, 6) is 0.226. The molecule has 1 aromatic carbocycles. The second-order valence-electron chi connectivity index (χ2n) is 7.40. The van der Waals surface area contributed by atoms with E-state index in [1.54, 1.807) is 29.2 Å². The Kier molecular flexibility index (Phi) is 8.29. The Morgan fingerprint density at radius 3 is 2.57 bits per heavy atom. The van der Waals surface area contributed by atoms with E-state index in [1.165, 1.54) is 0 Å². The number of rotatable bonds is 9. The molecule has 7 nitrogen and oxygen atoms in total. The van der Waals surface area contributed by atoms with Gasteiger partial charge in [0.05, 0.1) is 13.2 Å². The van der Waals surface area contributed by atoms with Crippen molar-refractivity contribution in [2.45, 2.75) is 46.1 Å². The maximum atomic E-state index is 12.2. The van der Waals surface area contributed by atoms with Crippen molar-refractivity contribution in [3.8, 4) is 5.75 Å². The fraction of sp³-hybridized carbons (Fsp3) is 0.571. The van der Waals surface area contributed by atoms with E-state index in [-0.39, 0.29) is 36.2 Å². The summed E-state index contributed by atoms with van der Waals surface area (Å²) in [4.78, 5) is 38.1. The molecule has 0 spiro atoms. The largest absolute Gasteiger partial charge is 0.494 e. The van der Waals surface area contributed by atoms with Crippen LogP contribution in [0.3, 0.4) is 0 Å². The van der Waals surface area contributed by atoms with Gasteiger partial charge in [0.1, 0.15) is 5.75 Å². The molecule has 28 heavy (non-hydrogen) atoms. The predicted molar refractivity (Wildman–Crippen MR) is 107 cm³/mol. The van der Waals surface area contributed by atoms with Crippen LogP contribution in [-0.2, 0) is 9.59 Å². The van der Waals surface area contributed by atoms with Crippen molar-refractivity contribution in [3.05, 3.63) is 29.8 Å².